The molecule has 154 valence electrons. The maximum atomic E-state index is 11.9. The van der Waals surface area contributed by atoms with Crippen LogP contribution in [0.2, 0.25) is 5.02 Å². The Labute approximate surface area is 177 Å². The lowest BCUT2D eigenvalue weighted by atomic mass is 10.1. The number of halogens is 1. The predicted molar refractivity (Wildman–Crippen MR) is 113 cm³/mol. The predicted octanol–water partition coefficient (Wildman–Crippen LogP) is 3.47. The van der Waals surface area contributed by atoms with Gasteiger partial charge in [-0.3, -0.25) is 4.98 Å². The van der Waals surface area contributed by atoms with Gasteiger partial charge in [-0.25, -0.2) is 9.78 Å². The van der Waals surface area contributed by atoms with Crippen LogP contribution in [0.3, 0.4) is 0 Å². The van der Waals surface area contributed by atoms with E-state index in [1.54, 1.807) is 27.5 Å². The number of benzene rings is 2. The Morgan fingerprint density at radius 1 is 1.07 bits per heavy atom. The van der Waals surface area contributed by atoms with Gasteiger partial charge in [-0.2, -0.15) is 4.98 Å². The molecule has 2 heterocycles. The van der Waals surface area contributed by atoms with Gasteiger partial charge in [-0.15, -0.1) is 0 Å². The fourth-order valence-corrected chi connectivity index (χ4v) is 3.57. The zero-order valence-electron chi connectivity index (χ0n) is 16.6. The van der Waals surface area contributed by atoms with Crippen LogP contribution in [0.5, 0.6) is 17.2 Å². The third-order valence-corrected chi connectivity index (χ3v) is 4.93. The highest BCUT2D eigenvalue weighted by Gasteiger charge is 2.21. The number of aromatic amines is 1. The van der Waals surface area contributed by atoms with Crippen molar-refractivity contribution in [3.8, 4) is 40.2 Å². The normalized spacial score (nSPS) is 10.9. The topological polar surface area (TPSA) is 91.3 Å². The number of hydrogen-bond acceptors (Lipinski definition) is 6. The van der Waals surface area contributed by atoms with Crippen LogP contribution in [0.25, 0.3) is 22.9 Å². The third-order valence-electron chi connectivity index (χ3n) is 4.70. The highest BCUT2D eigenvalue weighted by molar-refractivity contribution is 6.30. The second kappa shape index (κ2) is 8.08. The van der Waals surface area contributed by atoms with Gasteiger partial charge in [0.25, 0.3) is 0 Å². The summed E-state index contributed by atoms with van der Waals surface area (Å²) in [6, 6.07) is 11.1. The summed E-state index contributed by atoms with van der Waals surface area (Å²) in [6.45, 7) is 0.426. The molecular weight excluding hydrogens is 408 g/mol. The highest BCUT2D eigenvalue weighted by atomic mass is 35.5. The van der Waals surface area contributed by atoms with E-state index in [1.165, 1.54) is 0 Å². The van der Waals surface area contributed by atoms with Crippen LogP contribution in [0, 0.1) is 0 Å². The number of H-pyrrole nitrogens is 1. The summed E-state index contributed by atoms with van der Waals surface area (Å²) in [7, 11) is 4.66. The zero-order chi connectivity index (χ0) is 21.3. The van der Waals surface area contributed by atoms with Gasteiger partial charge >= 0.3 is 5.69 Å². The molecule has 0 aromatic heterocycles. The molecule has 0 saturated heterocycles. The number of nitrogens with one attached hydrogen (secondary N) is 1. The average Bonchev–Trinajstić information content (AvgIpc) is 3.13. The Morgan fingerprint density at radius 2 is 1.80 bits per heavy atom. The number of fused-ring (bicyclic) bond motifs is 1. The van der Waals surface area contributed by atoms with Gasteiger partial charge in [0.15, 0.2) is 23.1 Å². The summed E-state index contributed by atoms with van der Waals surface area (Å²) in [4.78, 5) is 23.0. The lowest BCUT2D eigenvalue weighted by Gasteiger charge is -2.19. The molecule has 1 N–H and O–H groups in total. The molecule has 2 aliphatic heterocycles. The van der Waals surface area contributed by atoms with Crippen molar-refractivity contribution in [2.45, 2.75) is 6.54 Å². The van der Waals surface area contributed by atoms with Crippen LogP contribution < -0.4 is 19.9 Å². The van der Waals surface area contributed by atoms with Crippen LogP contribution in [0.15, 0.2) is 47.4 Å². The van der Waals surface area contributed by atoms with Gasteiger partial charge in [0.1, 0.15) is 0 Å². The lowest BCUT2D eigenvalue weighted by molar-refractivity contribution is 0.324. The molecular formula is C21H19ClN4O4. The Bertz CT molecular complexity index is 1210. The summed E-state index contributed by atoms with van der Waals surface area (Å²) in [5, 5.41) is 0.624. The lowest BCUT2D eigenvalue weighted by Crippen LogP contribution is -2.11. The molecule has 0 radical (unpaired) electrons. The molecule has 2 aromatic carbocycles. The molecule has 8 nitrogen and oxygen atoms in total. The molecule has 30 heavy (non-hydrogen) atoms. The molecule has 0 unspecified atom stereocenters. The minimum atomic E-state index is -0.459. The monoisotopic (exact) mass is 426 g/mol. The zero-order valence-corrected chi connectivity index (χ0v) is 17.4. The number of nitrogens with zero attached hydrogens (tertiary/aromatic N) is 3. The van der Waals surface area contributed by atoms with Gasteiger partial charge in [0.05, 0.1) is 33.2 Å². The molecule has 0 amide bonds. The first kappa shape index (κ1) is 19.8. The molecule has 0 saturated carbocycles. The van der Waals surface area contributed by atoms with Gasteiger partial charge < -0.3 is 18.8 Å². The van der Waals surface area contributed by atoms with E-state index in [4.69, 9.17) is 25.8 Å². The van der Waals surface area contributed by atoms with Gasteiger partial charge in [0, 0.05) is 17.1 Å². The third kappa shape index (κ3) is 3.57. The smallest absolute Gasteiger partial charge is 0.348 e. The van der Waals surface area contributed by atoms with E-state index in [-0.39, 0.29) is 0 Å². The summed E-state index contributed by atoms with van der Waals surface area (Å²) in [5.74, 6) is 2.34. The van der Waals surface area contributed by atoms with Crippen LogP contribution in [-0.4, -0.2) is 40.8 Å². The maximum Gasteiger partial charge on any atom is 0.348 e. The fraction of sp³-hybridized carbons (Fsp3) is 0.190. The molecule has 0 spiro atoms. The van der Waals surface area contributed by atoms with Crippen LogP contribution in [0.4, 0.5) is 0 Å². The second-order valence-corrected chi connectivity index (χ2v) is 6.92. The summed E-state index contributed by atoms with van der Waals surface area (Å²) < 4.78 is 18.3. The van der Waals surface area contributed by atoms with Crippen molar-refractivity contribution in [1.29, 1.82) is 0 Å². The van der Waals surface area contributed by atoms with E-state index < -0.39 is 5.69 Å². The van der Waals surface area contributed by atoms with E-state index in [0.717, 1.165) is 11.1 Å². The molecule has 0 bridgehead atoms. The van der Waals surface area contributed by atoms with Gasteiger partial charge in [-0.05, 0) is 29.8 Å². The molecule has 2 aliphatic rings. The molecule has 0 fully saturated rings. The van der Waals surface area contributed by atoms with Crippen molar-refractivity contribution in [1.82, 2.24) is 19.5 Å². The Balaban J connectivity index is 1.95. The minimum Gasteiger partial charge on any atom is -0.493 e. The SMILES string of the molecule is COc1cc(-c2cnc3[nH]c(=O)nc-3n2Cc2cccc(Cl)c2)cc(OC)c1OC. The highest BCUT2D eigenvalue weighted by Crippen LogP contribution is 2.41. The maximum absolute atomic E-state index is 11.9. The van der Waals surface area contributed by atoms with Crippen LogP contribution in [-0.2, 0) is 6.54 Å². The van der Waals surface area contributed by atoms with Crippen molar-refractivity contribution in [3.63, 3.8) is 0 Å². The Kier molecular flexibility index (Phi) is 5.33. The number of imidazole rings is 1. The van der Waals surface area contributed by atoms with Gasteiger partial charge in [0.2, 0.25) is 5.75 Å². The molecule has 0 aliphatic carbocycles. The van der Waals surface area contributed by atoms with E-state index >= 15 is 0 Å². The summed E-state index contributed by atoms with van der Waals surface area (Å²) in [6.07, 6.45) is 1.67. The van der Waals surface area contributed by atoms with Crippen LogP contribution in [0.1, 0.15) is 5.56 Å². The molecule has 0 atom stereocenters. The Morgan fingerprint density at radius 3 is 2.43 bits per heavy atom. The van der Waals surface area contributed by atoms with Crippen molar-refractivity contribution in [2.75, 3.05) is 21.3 Å². The first-order valence-electron chi connectivity index (χ1n) is 9.04. The first-order valence-corrected chi connectivity index (χ1v) is 9.42. The number of rotatable bonds is 6. The number of hydrogen-bond donors (Lipinski definition) is 1. The van der Waals surface area contributed by atoms with Crippen molar-refractivity contribution < 1.29 is 14.2 Å². The van der Waals surface area contributed by atoms with Gasteiger partial charge in [-0.1, -0.05) is 23.7 Å². The average molecular weight is 427 g/mol. The fourth-order valence-electron chi connectivity index (χ4n) is 3.36. The van der Waals surface area contributed by atoms with Crippen molar-refractivity contribution in [2.24, 2.45) is 0 Å². The number of ether oxygens (including phenoxy) is 3. The second-order valence-electron chi connectivity index (χ2n) is 6.49. The molecule has 4 rings (SSSR count). The van der Waals surface area contributed by atoms with Crippen LogP contribution >= 0.6 is 11.6 Å². The van der Waals surface area contributed by atoms with Crippen molar-refractivity contribution >= 4 is 11.6 Å². The first-order chi connectivity index (χ1) is 14.5. The molecule has 9 heteroatoms. The van der Waals surface area contributed by atoms with E-state index in [0.29, 0.717) is 46.2 Å². The summed E-state index contributed by atoms with van der Waals surface area (Å²) in [5.41, 5.74) is 1.97. The van der Waals surface area contributed by atoms with E-state index in [9.17, 15) is 4.79 Å². The number of aromatic nitrogens is 4. The Hall–Kier alpha value is -3.52. The minimum absolute atomic E-state index is 0.401. The number of methoxy groups -OCH3 is 3. The molecule has 2 aromatic rings. The summed E-state index contributed by atoms with van der Waals surface area (Å²) >= 11 is 6.16. The largest absolute Gasteiger partial charge is 0.493 e. The van der Waals surface area contributed by atoms with E-state index in [2.05, 4.69) is 15.0 Å². The van der Waals surface area contributed by atoms with E-state index in [1.807, 2.05) is 41.0 Å². The quantitative estimate of drug-likeness (QED) is 0.507. The van der Waals surface area contributed by atoms with Crippen molar-refractivity contribution in [3.05, 3.63) is 63.7 Å². The standard InChI is InChI=1S/C21H19ClN4O4/c1-28-16-8-13(9-17(29-2)18(16)30-3)15-10-23-19-20(25-21(27)24-19)26(15)11-12-5-4-6-14(22)7-12/h4-10H,11H2,1-3H3,(H,23,24,27).